The molecule has 1 saturated heterocycles. The van der Waals surface area contributed by atoms with Crippen LogP contribution in [0.15, 0.2) is 43.0 Å². The van der Waals surface area contributed by atoms with E-state index in [-0.39, 0.29) is 5.91 Å². The van der Waals surface area contributed by atoms with Crippen molar-refractivity contribution in [2.45, 2.75) is 6.54 Å². The van der Waals surface area contributed by atoms with E-state index in [9.17, 15) is 4.79 Å². The monoisotopic (exact) mass is 298 g/mol. The Morgan fingerprint density at radius 1 is 1.18 bits per heavy atom. The highest BCUT2D eigenvalue weighted by Crippen LogP contribution is 2.16. The van der Waals surface area contributed by atoms with Gasteiger partial charge in [0.25, 0.3) is 5.91 Å². The zero-order valence-electron chi connectivity index (χ0n) is 12.2. The van der Waals surface area contributed by atoms with E-state index in [1.165, 1.54) is 0 Å². The summed E-state index contributed by atoms with van der Waals surface area (Å²) >= 11 is 0. The molecule has 1 fully saturated rings. The smallest absolute Gasteiger partial charge is 0.253 e. The van der Waals surface area contributed by atoms with Gasteiger partial charge in [0.15, 0.2) is 0 Å². The van der Waals surface area contributed by atoms with Crippen LogP contribution < -0.4 is 10.2 Å². The van der Waals surface area contributed by atoms with Crippen molar-refractivity contribution in [3.63, 3.8) is 0 Å². The first-order valence-electron chi connectivity index (χ1n) is 7.28. The van der Waals surface area contributed by atoms with Crippen LogP contribution in [-0.4, -0.2) is 42.2 Å². The summed E-state index contributed by atoms with van der Waals surface area (Å²) in [5.41, 5.74) is 2.54. The highest BCUT2D eigenvalue weighted by molar-refractivity contribution is 5.94. The second kappa shape index (κ2) is 7.00. The minimum atomic E-state index is -0.126. The number of aromatic nitrogens is 2. The third kappa shape index (κ3) is 3.59. The molecule has 2 aromatic heterocycles. The molecular weight excluding hydrogens is 280 g/mol. The molecular formula is C16H18N4O2. The van der Waals surface area contributed by atoms with Gasteiger partial charge in [0, 0.05) is 38.2 Å². The maximum absolute atomic E-state index is 12.2. The van der Waals surface area contributed by atoms with Crippen LogP contribution in [0.4, 0.5) is 5.69 Å². The van der Waals surface area contributed by atoms with Crippen molar-refractivity contribution >= 4 is 11.6 Å². The standard InChI is InChI=1S/C16H18N4O2/c21-16(19-10-13-1-3-17-4-2-13)14-9-15(12-18-11-14)20-5-7-22-8-6-20/h1-4,9,11-12H,5-8,10H2,(H,19,21). The Hall–Kier alpha value is -2.47. The van der Waals surface area contributed by atoms with Crippen molar-refractivity contribution in [1.29, 1.82) is 0 Å². The van der Waals surface area contributed by atoms with E-state index in [4.69, 9.17) is 4.74 Å². The summed E-state index contributed by atoms with van der Waals surface area (Å²) in [7, 11) is 0. The van der Waals surface area contributed by atoms with Gasteiger partial charge in [-0.3, -0.25) is 14.8 Å². The first kappa shape index (κ1) is 14.5. The summed E-state index contributed by atoms with van der Waals surface area (Å²) in [6.07, 6.45) is 6.79. The van der Waals surface area contributed by atoms with Crippen molar-refractivity contribution in [2.75, 3.05) is 31.2 Å². The van der Waals surface area contributed by atoms with Gasteiger partial charge >= 0.3 is 0 Å². The average molecular weight is 298 g/mol. The molecule has 22 heavy (non-hydrogen) atoms. The van der Waals surface area contributed by atoms with Crippen molar-refractivity contribution in [3.8, 4) is 0 Å². The van der Waals surface area contributed by atoms with Gasteiger partial charge in [0.1, 0.15) is 0 Å². The summed E-state index contributed by atoms with van der Waals surface area (Å²) in [6, 6.07) is 5.63. The molecule has 0 spiro atoms. The van der Waals surface area contributed by atoms with Gasteiger partial charge in [-0.1, -0.05) is 0 Å². The number of rotatable bonds is 4. The van der Waals surface area contributed by atoms with E-state index in [0.717, 1.165) is 24.3 Å². The molecule has 1 N–H and O–H groups in total. The van der Waals surface area contributed by atoms with Gasteiger partial charge in [0.05, 0.1) is 30.7 Å². The summed E-state index contributed by atoms with van der Waals surface area (Å²) in [6.45, 7) is 3.54. The summed E-state index contributed by atoms with van der Waals surface area (Å²) in [4.78, 5) is 22.6. The summed E-state index contributed by atoms with van der Waals surface area (Å²) < 4.78 is 5.34. The molecule has 114 valence electrons. The predicted molar refractivity (Wildman–Crippen MR) is 82.7 cm³/mol. The van der Waals surface area contributed by atoms with Crippen LogP contribution in [0.5, 0.6) is 0 Å². The second-order valence-corrected chi connectivity index (χ2v) is 5.07. The Morgan fingerprint density at radius 3 is 2.73 bits per heavy atom. The molecule has 3 heterocycles. The highest BCUT2D eigenvalue weighted by atomic mass is 16.5. The van der Waals surface area contributed by atoms with E-state index in [1.54, 1.807) is 24.8 Å². The lowest BCUT2D eigenvalue weighted by Crippen LogP contribution is -2.36. The van der Waals surface area contributed by atoms with E-state index >= 15 is 0 Å². The molecule has 0 bridgehead atoms. The van der Waals surface area contributed by atoms with Gasteiger partial charge in [-0.15, -0.1) is 0 Å². The molecule has 1 amide bonds. The topological polar surface area (TPSA) is 67.4 Å². The molecule has 1 aliphatic heterocycles. The number of hydrogen-bond donors (Lipinski definition) is 1. The average Bonchev–Trinajstić information content (AvgIpc) is 2.61. The van der Waals surface area contributed by atoms with E-state index in [0.29, 0.717) is 25.3 Å². The fourth-order valence-corrected chi connectivity index (χ4v) is 2.33. The van der Waals surface area contributed by atoms with E-state index in [1.807, 2.05) is 18.2 Å². The van der Waals surface area contributed by atoms with Crippen molar-refractivity contribution < 1.29 is 9.53 Å². The lowest BCUT2D eigenvalue weighted by Gasteiger charge is -2.28. The second-order valence-electron chi connectivity index (χ2n) is 5.07. The molecule has 0 aliphatic carbocycles. The lowest BCUT2D eigenvalue weighted by molar-refractivity contribution is 0.0950. The molecule has 0 radical (unpaired) electrons. The molecule has 0 aromatic carbocycles. The van der Waals surface area contributed by atoms with Crippen molar-refractivity contribution in [3.05, 3.63) is 54.1 Å². The number of ether oxygens (including phenoxy) is 1. The number of nitrogens with one attached hydrogen (secondary N) is 1. The number of anilines is 1. The number of carbonyl (C=O) groups is 1. The Morgan fingerprint density at radius 2 is 1.95 bits per heavy atom. The first-order valence-corrected chi connectivity index (χ1v) is 7.28. The zero-order chi connectivity index (χ0) is 15.2. The number of pyridine rings is 2. The van der Waals surface area contributed by atoms with E-state index in [2.05, 4.69) is 20.2 Å². The fourth-order valence-electron chi connectivity index (χ4n) is 2.33. The lowest BCUT2D eigenvalue weighted by atomic mass is 10.2. The molecule has 1 aliphatic rings. The zero-order valence-corrected chi connectivity index (χ0v) is 12.2. The van der Waals surface area contributed by atoms with Gasteiger partial charge in [-0.2, -0.15) is 0 Å². The SMILES string of the molecule is O=C(NCc1ccncc1)c1cncc(N2CCOCC2)c1. The fraction of sp³-hybridized carbons (Fsp3) is 0.312. The van der Waals surface area contributed by atoms with Crippen LogP contribution in [0.1, 0.15) is 15.9 Å². The molecule has 6 nitrogen and oxygen atoms in total. The highest BCUT2D eigenvalue weighted by Gasteiger charge is 2.14. The van der Waals surface area contributed by atoms with Crippen LogP contribution in [0.3, 0.4) is 0 Å². The number of amides is 1. The van der Waals surface area contributed by atoms with Crippen LogP contribution in [0, 0.1) is 0 Å². The molecule has 3 rings (SSSR count). The number of morpholine rings is 1. The minimum absolute atomic E-state index is 0.126. The van der Waals surface area contributed by atoms with Crippen molar-refractivity contribution in [2.24, 2.45) is 0 Å². The summed E-state index contributed by atoms with van der Waals surface area (Å²) in [5.74, 6) is -0.126. The predicted octanol–water partition coefficient (Wildman–Crippen LogP) is 1.24. The normalized spacial score (nSPS) is 14.6. The minimum Gasteiger partial charge on any atom is -0.378 e. The Balaban J connectivity index is 1.64. The van der Waals surface area contributed by atoms with E-state index < -0.39 is 0 Å². The number of hydrogen-bond acceptors (Lipinski definition) is 5. The maximum Gasteiger partial charge on any atom is 0.253 e. The quantitative estimate of drug-likeness (QED) is 0.920. The van der Waals surface area contributed by atoms with Gasteiger partial charge in [-0.05, 0) is 23.8 Å². The van der Waals surface area contributed by atoms with Crippen molar-refractivity contribution in [1.82, 2.24) is 15.3 Å². The Labute approximate surface area is 129 Å². The van der Waals surface area contributed by atoms with Crippen LogP contribution >= 0.6 is 0 Å². The molecule has 0 atom stereocenters. The van der Waals surface area contributed by atoms with Crippen LogP contribution in [0.25, 0.3) is 0 Å². The number of carbonyl (C=O) groups excluding carboxylic acids is 1. The molecule has 6 heteroatoms. The summed E-state index contributed by atoms with van der Waals surface area (Å²) in [5, 5.41) is 2.90. The maximum atomic E-state index is 12.2. The molecule has 0 unspecified atom stereocenters. The van der Waals surface area contributed by atoms with Crippen LogP contribution in [-0.2, 0) is 11.3 Å². The third-order valence-corrected chi connectivity index (χ3v) is 3.56. The Kier molecular flexibility index (Phi) is 4.60. The van der Waals surface area contributed by atoms with Gasteiger partial charge in [-0.25, -0.2) is 0 Å². The van der Waals surface area contributed by atoms with Gasteiger partial charge in [0.2, 0.25) is 0 Å². The van der Waals surface area contributed by atoms with Gasteiger partial charge < -0.3 is 15.0 Å². The third-order valence-electron chi connectivity index (χ3n) is 3.56. The number of nitrogens with zero attached hydrogens (tertiary/aromatic N) is 3. The largest absolute Gasteiger partial charge is 0.378 e. The Bertz CT molecular complexity index is 627. The van der Waals surface area contributed by atoms with Crippen LogP contribution in [0.2, 0.25) is 0 Å². The molecule has 2 aromatic rings. The molecule has 0 saturated carbocycles. The first-order chi connectivity index (χ1) is 10.8.